The van der Waals surface area contributed by atoms with Crippen LogP contribution in [0.1, 0.15) is 49.0 Å². The average molecular weight is 374 g/mol. The Morgan fingerprint density at radius 1 is 1.11 bits per heavy atom. The zero-order chi connectivity index (χ0) is 18.9. The van der Waals surface area contributed by atoms with E-state index in [4.69, 9.17) is 0 Å². The maximum absolute atomic E-state index is 12.8. The van der Waals surface area contributed by atoms with E-state index in [9.17, 15) is 9.90 Å². The van der Waals surface area contributed by atoms with Crippen molar-refractivity contribution in [3.8, 4) is 0 Å². The summed E-state index contributed by atoms with van der Waals surface area (Å²) in [7, 11) is 2.13. The molecule has 0 saturated carbocycles. The van der Waals surface area contributed by atoms with Gasteiger partial charge in [0.1, 0.15) is 11.5 Å². The smallest absolute Gasteiger partial charge is 0.274 e. The summed E-state index contributed by atoms with van der Waals surface area (Å²) in [4.78, 5) is 28.2. The first-order chi connectivity index (χ1) is 13.1. The molecule has 3 saturated heterocycles. The molecule has 7 heteroatoms. The molecule has 27 heavy (non-hydrogen) atoms. The molecule has 3 aliphatic heterocycles. The van der Waals surface area contributed by atoms with Gasteiger partial charge in [0.25, 0.3) is 5.91 Å². The van der Waals surface area contributed by atoms with Crippen LogP contribution in [0.5, 0.6) is 0 Å². The number of aliphatic hydroxyl groups excluding tert-OH is 1. The number of aliphatic hydroxyl groups is 1. The Balaban J connectivity index is 1.52. The molecule has 3 fully saturated rings. The Morgan fingerprint density at radius 3 is 2.74 bits per heavy atom. The van der Waals surface area contributed by atoms with Gasteiger partial charge in [0.05, 0.1) is 18.5 Å². The van der Waals surface area contributed by atoms with Gasteiger partial charge in [0.2, 0.25) is 0 Å². The van der Waals surface area contributed by atoms with Gasteiger partial charge in [-0.2, -0.15) is 0 Å². The molecule has 4 heterocycles. The number of aromatic nitrogens is 2. The molecule has 0 aromatic carbocycles. The number of anilines is 1. The molecule has 1 N–H and O–H groups in total. The van der Waals surface area contributed by atoms with Crippen molar-refractivity contribution in [2.45, 2.75) is 44.6 Å². The molecule has 148 valence electrons. The topological polar surface area (TPSA) is 72.8 Å². The number of nitrogens with zero attached hydrogens (tertiary/aromatic N) is 5. The minimum Gasteiger partial charge on any atom is -0.392 e. The molecule has 1 amide bonds. The quantitative estimate of drug-likeness (QED) is 0.845. The van der Waals surface area contributed by atoms with E-state index in [1.165, 1.54) is 6.42 Å². The molecule has 0 unspecified atom stereocenters. The fraction of sp³-hybridized carbons (Fsp3) is 0.750. The summed E-state index contributed by atoms with van der Waals surface area (Å²) >= 11 is 0. The van der Waals surface area contributed by atoms with Crippen molar-refractivity contribution >= 4 is 11.7 Å². The Morgan fingerprint density at radius 2 is 1.93 bits per heavy atom. The summed E-state index contributed by atoms with van der Waals surface area (Å²) in [6.45, 7) is 5.15. The van der Waals surface area contributed by atoms with Crippen LogP contribution in [-0.2, 0) is 0 Å². The van der Waals surface area contributed by atoms with Crippen molar-refractivity contribution in [3.63, 3.8) is 0 Å². The summed E-state index contributed by atoms with van der Waals surface area (Å²) in [5, 5.41) is 10.7. The molecular formula is C20H31N5O2. The molecule has 1 aromatic rings. The molecule has 3 aliphatic rings. The second-order valence-corrected chi connectivity index (χ2v) is 8.55. The van der Waals surface area contributed by atoms with Crippen LogP contribution in [-0.4, -0.2) is 83.2 Å². The van der Waals surface area contributed by atoms with Crippen LogP contribution in [0.3, 0.4) is 0 Å². The predicted octanol–water partition coefficient (Wildman–Crippen LogP) is 1.39. The number of amides is 1. The van der Waals surface area contributed by atoms with E-state index in [1.807, 2.05) is 4.90 Å². The van der Waals surface area contributed by atoms with Crippen molar-refractivity contribution in [3.05, 3.63) is 18.1 Å². The maximum Gasteiger partial charge on any atom is 0.274 e. The number of rotatable bonds is 2. The second kappa shape index (κ2) is 7.72. The van der Waals surface area contributed by atoms with Crippen molar-refractivity contribution in [1.29, 1.82) is 0 Å². The second-order valence-electron chi connectivity index (χ2n) is 8.55. The van der Waals surface area contributed by atoms with Gasteiger partial charge in [-0.3, -0.25) is 9.78 Å². The Labute approximate surface area is 161 Å². The van der Waals surface area contributed by atoms with E-state index in [2.05, 4.69) is 26.8 Å². The van der Waals surface area contributed by atoms with E-state index in [1.54, 1.807) is 12.4 Å². The van der Waals surface area contributed by atoms with Crippen LogP contribution in [0.15, 0.2) is 12.4 Å². The van der Waals surface area contributed by atoms with Crippen LogP contribution in [0.2, 0.25) is 0 Å². The first kappa shape index (κ1) is 18.6. The van der Waals surface area contributed by atoms with Crippen LogP contribution in [0.4, 0.5) is 5.82 Å². The Hall–Kier alpha value is -1.73. The first-order valence-electron chi connectivity index (χ1n) is 10.3. The van der Waals surface area contributed by atoms with Gasteiger partial charge in [-0.1, -0.05) is 0 Å². The minimum atomic E-state index is -0.275. The molecule has 1 aromatic heterocycles. The number of piperidine rings is 3. The monoisotopic (exact) mass is 373 g/mol. The lowest BCUT2D eigenvalue weighted by molar-refractivity contribution is -0.0466. The Kier molecular flexibility index (Phi) is 5.32. The van der Waals surface area contributed by atoms with Gasteiger partial charge in [-0.25, -0.2) is 4.98 Å². The van der Waals surface area contributed by atoms with Crippen LogP contribution in [0, 0.1) is 5.41 Å². The van der Waals surface area contributed by atoms with E-state index in [0.29, 0.717) is 5.69 Å². The summed E-state index contributed by atoms with van der Waals surface area (Å²) < 4.78 is 0. The highest BCUT2D eigenvalue weighted by molar-refractivity contribution is 5.92. The summed E-state index contributed by atoms with van der Waals surface area (Å²) in [6, 6.07) is 0. The molecule has 0 radical (unpaired) electrons. The zero-order valence-electron chi connectivity index (χ0n) is 16.3. The number of hydrogen-bond acceptors (Lipinski definition) is 6. The highest BCUT2D eigenvalue weighted by Gasteiger charge is 2.45. The van der Waals surface area contributed by atoms with E-state index in [0.717, 1.165) is 77.2 Å². The summed E-state index contributed by atoms with van der Waals surface area (Å²) in [5.74, 6) is 0.755. The molecule has 0 aliphatic carbocycles. The van der Waals surface area contributed by atoms with E-state index >= 15 is 0 Å². The fourth-order valence-corrected chi connectivity index (χ4v) is 5.00. The highest BCUT2D eigenvalue weighted by atomic mass is 16.3. The van der Waals surface area contributed by atoms with Gasteiger partial charge >= 0.3 is 0 Å². The lowest BCUT2D eigenvalue weighted by Gasteiger charge is -2.50. The van der Waals surface area contributed by atoms with E-state index < -0.39 is 0 Å². The zero-order valence-corrected chi connectivity index (χ0v) is 16.3. The number of carbonyl (C=O) groups is 1. The van der Waals surface area contributed by atoms with Gasteiger partial charge in [-0.15, -0.1) is 0 Å². The lowest BCUT2D eigenvalue weighted by Crippen LogP contribution is -2.58. The first-order valence-corrected chi connectivity index (χ1v) is 10.3. The van der Waals surface area contributed by atoms with E-state index in [-0.39, 0.29) is 17.4 Å². The lowest BCUT2D eigenvalue weighted by atomic mass is 9.71. The molecular weight excluding hydrogens is 342 g/mol. The van der Waals surface area contributed by atoms with Crippen LogP contribution >= 0.6 is 0 Å². The molecule has 0 bridgehead atoms. The van der Waals surface area contributed by atoms with Crippen LogP contribution < -0.4 is 4.90 Å². The number of carbonyl (C=O) groups excluding carboxylic acids is 1. The third kappa shape index (κ3) is 3.80. The molecule has 2 atom stereocenters. The van der Waals surface area contributed by atoms with Gasteiger partial charge in [-0.05, 0) is 45.6 Å². The number of hydrogen-bond donors (Lipinski definition) is 1. The standard InChI is InChI=1S/C20H31N5O2/c1-23-11-6-17(26)20(14-23)7-5-10-25(15-20)18-13-21-12-16(22-18)19(27)24-8-3-2-4-9-24/h12-13,17,26H,2-11,14-15H2,1H3/t17-,20-/m0/s1. The van der Waals surface area contributed by atoms with Gasteiger partial charge < -0.3 is 19.8 Å². The third-order valence-electron chi connectivity index (χ3n) is 6.49. The summed E-state index contributed by atoms with van der Waals surface area (Å²) in [5.41, 5.74) is 0.329. The van der Waals surface area contributed by atoms with Crippen molar-refractivity contribution in [2.75, 3.05) is 51.2 Å². The van der Waals surface area contributed by atoms with Crippen LogP contribution in [0.25, 0.3) is 0 Å². The highest BCUT2D eigenvalue weighted by Crippen LogP contribution is 2.39. The molecule has 4 rings (SSSR count). The average Bonchev–Trinajstić information content (AvgIpc) is 2.71. The molecule has 1 spiro atoms. The van der Waals surface area contributed by atoms with Crippen molar-refractivity contribution in [2.24, 2.45) is 5.41 Å². The van der Waals surface area contributed by atoms with Gasteiger partial charge in [0, 0.05) is 44.7 Å². The largest absolute Gasteiger partial charge is 0.392 e. The predicted molar refractivity (Wildman–Crippen MR) is 104 cm³/mol. The maximum atomic E-state index is 12.8. The third-order valence-corrected chi connectivity index (χ3v) is 6.49. The normalized spacial score (nSPS) is 29.9. The fourth-order valence-electron chi connectivity index (χ4n) is 5.00. The van der Waals surface area contributed by atoms with Gasteiger partial charge in [0.15, 0.2) is 0 Å². The number of likely N-dealkylation sites (tertiary alicyclic amines) is 2. The van der Waals surface area contributed by atoms with Crippen molar-refractivity contribution < 1.29 is 9.90 Å². The summed E-state index contributed by atoms with van der Waals surface area (Å²) in [6.07, 6.45) is 9.28. The van der Waals surface area contributed by atoms with Crippen molar-refractivity contribution in [1.82, 2.24) is 19.8 Å². The minimum absolute atomic E-state index is 0.00629. The SMILES string of the molecule is CN1CC[C@H](O)[C@@]2(CCCN(c3cncc(C(=O)N4CCCCC4)n3)C2)C1. The molecule has 7 nitrogen and oxygen atoms in total. The Bertz CT molecular complexity index is 678.